The van der Waals surface area contributed by atoms with Crippen LogP contribution in [0.3, 0.4) is 0 Å². The first kappa shape index (κ1) is 11.7. The summed E-state index contributed by atoms with van der Waals surface area (Å²) < 4.78 is 5.52. The van der Waals surface area contributed by atoms with Crippen molar-refractivity contribution in [2.45, 2.75) is 20.5 Å². The van der Waals surface area contributed by atoms with Crippen LogP contribution >= 0.6 is 0 Å². The van der Waals surface area contributed by atoms with Crippen molar-refractivity contribution in [1.82, 2.24) is 0 Å². The smallest absolute Gasteiger partial charge is 0.123 e. The molecule has 0 amide bonds. The van der Waals surface area contributed by atoms with Crippen molar-refractivity contribution in [3.63, 3.8) is 0 Å². The fourth-order valence-electron chi connectivity index (χ4n) is 1.31. The molecule has 0 aliphatic rings. The molecule has 3 nitrogen and oxygen atoms in total. The van der Waals surface area contributed by atoms with Crippen LogP contribution in [0.5, 0.6) is 0 Å². The van der Waals surface area contributed by atoms with Gasteiger partial charge in [0.25, 0.3) is 0 Å². The Hall–Kier alpha value is -1.35. The lowest BCUT2D eigenvalue weighted by Gasteiger charge is -2.10. The summed E-state index contributed by atoms with van der Waals surface area (Å²) in [4.78, 5) is 0. The summed E-state index contributed by atoms with van der Waals surface area (Å²) >= 11 is 0. The van der Waals surface area contributed by atoms with Crippen molar-refractivity contribution in [3.8, 4) is 0 Å². The maximum absolute atomic E-state index is 7.42. The number of nitrogen functional groups attached to an aromatic ring is 1. The van der Waals surface area contributed by atoms with Gasteiger partial charge in [-0.15, -0.1) is 0 Å². The van der Waals surface area contributed by atoms with E-state index in [1.165, 1.54) is 0 Å². The highest BCUT2D eigenvalue weighted by Crippen LogP contribution is 2.09. The van der Waals surface area contributed by atoms with E-state index in [1.807, 2.05) is 24.3 Å². The Morgan fingerprint density at radius 2 is 2.07 bits per heavy atom. The predicted octanol–water partition coefficient (Wildman–Crippen LogP) is 2.14. The van der Waals surface area contributed by atoms with E-state index in [1.54, 1.807) is 0 Å². The van der Waals surface area contributed by atoms with E-state index in [2.05, 4.69) is 13.8 Å². The van der Waals surface area contributed by atoms with Gasteiger partial charge in [-0.2, -0.15) is 0 Å². The number of hydrogen-bond donors (Lipinski definition) is 2. The number of rotatable bonds is 5. The lowest BCUT2D eigenvalue weighted by molar-refractivity contribution is 0.0970. The Labute approximate surface area is 90.8 Å². The Balaban J connectivity index is 2.63. The van der Waals surface area contributed by atoms with Gasteiger partial charge in [-0.05, 0) is 11.5 Å². The minimum absolute atomic E-state index is 0.0961. The fraction of sp³-hybridized carbons (Fsp3) is 0.417. The normalized spacial score (nSPS) is 10.6. The highest BCUT2D eigenvalue weighted by atomic mass is 16.5. The molecule has 0 heterocycles. The highest BCUT2D eigenvalue weighted by Gasteiger charge is 2.04. The molecule has 0 atom stereocenters. The monoisotopic (exact) mass is 206 g/mol. The summed E-state index contributed by atoms with van der Waals surface area (Å²) in [7, 11) is 0. The molecule has 0 saturated heterocycles. The van der Waals surface area contributed by atoms with Crippen molar-refractivity contribution in [1.29, 1.82) is 5.41 Å². The lowest BCUT2D eigenvalue weighted by atomic mass is 10.1. The predicted molar refractivity (Wildman–Crippen MR) is 62.0 cm³/mol. The van der Waals surface area contributed by atoms with E-state index in [0.29, 0.717) is 12.5 Å². The first-order valence-corrected chi connectivity index (χ1v) is 5.11. The Kier molecular flexibility index (Phi) is 4.31. The number of hydrogen-bond acceptors (Lipinski definition) is 2. The third-order valence-electron chi connectivity index (χ3n) is 2.02. The fourth-order valence-corrected chi connectivity index (χ4v) is 1.31. The molecule has 1 rings (SSSR count). The Morgan fingerprint density at radius 3 is 2.67 bits per heavy atom. The van der Waals surface area contributed by atoms with E-state index in [0.717, 1.165) is 17.7 Å². The molecule has 0 aromatic heterocycles. The zero-order chi connectivity index (χ0) is 11.3. The number of ether oxygens (including phenoxy) is 1. The maximum atomic E-state index is 7.42. The standard InChI is InChI=1S/C12H18N2O/c1-9(2)7-15-8-10-5-3-4-6-11(10)12(13)14/h3-6,9H,7-8H2,1-2H3,(H3,13,14). The van der Waals surface area contributed by atoms with Crippen LogP contribution in [0, 0.1) is 11.3 Å². The summed E-state index contributed by atoms with van der Waals surface area (Å²) in [5.74, 6) is 0.619. The second-order valence-electron chi connectivity index (χ2n) is 3.98. The van der Waals surface area contributed by atoms with Crippen molar-refractivity contribution < 1.29 is 4.74 Å². The molecular weight excluding hydrogens is 188 g/mol. The van der Waals surface area contributed by atoms with E-state index >= 15 is 0 Å². The van der Waals surface area contributed by atoms with Crippen LogP contribution < -0.4 is 5.73 Å². The number of nitrogens with two attached hydrogens (primary N) is 1. The van der Waals surface area contributed by atoms with Gasteiger partial charge in [0.2, 0.25) is 0 Å². The summed E-state index contributed by atoms with van der Waals surface area (Å²) in [6, 6.07) is 7.59. The molecule has 0 radical (unpaired) electrons. The molecule has 0 fully saturated rings. The second-order valence-corrected chi connectivity index (χ2v) is 3.98. The quantitative estimate of drug-likeness (QED) is 0.573. The van der Waals surface area contributed by atoms with Crippen LogP contribution in [0.15, 0.2) is 24.3 Å². The molecule has 0 saturated carbocycles. The van der Waals surface area contributed by atoms with Gasteiger partial charge in [0.1, 0.15) is 5.84 Å². The third-order valence-corrected chi connectivity index (χ3v) is 2.02. The molecule has 3 heteroatoms. The summed E-state index contributed by atoms with van der Waals surface area (Å²) in [6.07, 6.45) is 0. The molecule has 82 valence electrons. The van der Waals surface area contributed by atoms with Crippen LogP contribution in [0.4, 0.5) is 0 Å². The molecule has 15 heavy (non-hydrogen) atoms. The van der Waals surface area contributed by atoms with Crippen molar-refractivity contribution >= 4 is 5.84 Å². The topological polar surface area (TPSA) is 59.1 Å². The van der Waals surface area contributed by atoms with Gasteiger partial charge in [-0.3, -0.25) is 5.41 Å². The molecule has 1 aromatic carbocycles. The average Bonchev–Trinajstić information content (AvgIpc) is 2.17. The molecule has 0 bridgehead atoms. The largest absolute Gasteiger partial charge is 0.384 e. The van der Waals surface area contributed by atoms with Crippen molar-refractivity contribution in [3.05, 3.63) is 35.4 Å². The lowest BCUT2D eigenvalue weighted by Crippen LogP contribution is -2.14. The summed E-state index contributed by atoms with van der Waals surface area (Å²) in [6.45, 7) is 5.47. The maximum Gasteiger partial charge on any atom is 0.123 e. The van der Waals surface area contributed by atoms with Crippen LogP contribution in [-0.2, 0) is 11.3 Å². The summed E-state index contributed by atoms with van der Waals surface area (Å²) in [5.41, 5.74) is 7.22. The van der Waals surface area contributed by atoms with Crippen molar-refractivity contribution in [2.75, 3.05) is 6.61 Å². The number of nitrogens with one attached hydrogen (secondary N) is 1. The van der Waals surface area contributed by atoms with Gasteiger partial charge in [0, 0.05) is 12.2 Å². The van der Waals surface area contributed by atoms with Crippen LogP contribution in [-0.4, -0.2) is 12.4 Å². The SMILES string of the molecule is CC(C)COCc1ccccc1C(=N)N. The van der Waals surface area contributed by atoms with Gasteiger partial charge in [0.15, 0.2) is 0 Å². The molecular formula is C12H18N2O. The van der Waals surface area contributed by atoms with E-state index in [9.17, 15) is 0 Å². The molecule has 0 aliphatic heterocycles. The van der Waals surface area contributed by atoms with Crippen LogP contribution in [0.2, 0.25) is 0 Å². The highest BCUT2D eigenvalue weighted by molar-refractivity contribution is 5.96. The van der Waals surface area contributed by atoms with E-state index in [-0.39, 0.29) is 5.84 Å². The van der Waals surface area contributed by atoms with Gasteiger partial charge >= 0.3 is 0 Å². The minimum Gasteiger partial charge on any atom is -0.384 e. The van der Waals surface area contributed by atoms with Crippen LogP contribution in [0.1, 0.15) is 25.0 Å². The summed E-state index contributed by atoms with van der Waals surface area (Å²) in [5, 5.41) is 7.42. The average molecular weight is 206 g/mol. The number of amidine groups is 1. The molecule has 1 aromatic rings. The molecule has 0 aliphatic carbocycles. The zero-order valence-corrected chi connectivity index (χ0v) is 9.29. The molecule has 0 spiro atoms. The molecule has 3 N–H and O–H groups in total. The first-order valence-electron chi connectivity index (χ1n) is 5.11. The van der Waals surface area contributed by atoms with Crippen molar-refractivity contribution in [2.24, 2.45) is 11.7 Å². The van der Waals surface area contributed by atoms with E-state index in [4.69, 9.17) is 15.9 Å². The van der Waals surface area contributed by atoms with Gasteiger partial charge in [0.05, 0.1) is 6.61 Å². The zero-order valence-electron chi connectivity index (χ0n) is 9.29. The second kappa shape index (κ2) is 5.51. The minimum atomic E-state index is 0.0961. The van der Waals surface area contributed by atoms with Gasteiger partial charge in [-0.1, -0.05) is 38.1 Å². The number of benzene rings is 1. The Bertz CT molecular complexity index is 334. The molecule has 0 unspecified atom stereocenters. The van der Waals surface area contributed by atoms with Crippen LogP contribution in [0.25, 0.3) is 0 Å². The third kappa shape index (κ3) is 3.72. The first-order chi connectivity index (χ1) is 7.11. The van der Waals surface area contributed by atoms with Gasteiger partial charge < -0.3 is 10.5 Å². The van der Waals surface area contributed by atoms with Gasteiger partial charge in [-0.25, -0.2) is 0 Å². The Morgan fingerprint density at radius 1 is 1.40 bits per heavy atom. The van der Waals surface area contributed by atoms with E-state index < -0.39 is 0 Å².